The van der Waals surface area contributed by atoms with Crippen LogP contribution in [0.5, 0.6) is 11.5 Å². The molecule has 0 spiro atoms. The molecule has 0 fully saturated rings. The minimum absolute atomic E-state index is 0.0305. The van der Waals surface area contributed by atoms with Crippen molar-refractivity contribution in [2.45, 2.75) is 59.7 Å². The van der Waals surface area contributed by atoms with Gasteiger partial charge in [-0.15, -0.1) is 0 Å². The van der Waals surface area contributed by atoms with Gasteiger partial charge in [-0.25, -0.2) is 4.79 Å². The van der Waals surface area contributed by atoms with Gasteiger partial charge in [0.2, 0.25) is 0 Å². The molecule has 1 aromatic carbocycles. The number of carbonyl (C=O) groups excluding carboxylic acids is 2. The third-order valence-corrected chi connectivity index (χ3v) is 3.52. The lowest BCUT2D eigenvalue weighted by Crippen LogP contribution is -2.47. The van der Waals surface area contributed by atoms with E-state index < -0.39 is 12.1 Å². The fraction of sp³-hybridized carbons (Fsp3) is 0.579. The van der Waals surface area contributed by atoms with Gasteiger partial charge < -0.3 is 19.1 Å². The van der Waals surface area contributed by atoms with Crippen molar-refractivity contribution in [3.05, 3.63) is 24.3 Å². The predicted octanol–water partition coefficient (Wildman–Crippen LogP) is 3.04. The Kier molecular flexibility index (Phi) is 8.25. The fourth-order valence-electron chi connectivity index (χ4n) is 2.58. The summed E-state index contributed by atoms with van der Waals surface area (Å²) in [5.74, 6) is 0.215. The normalized spacial score (nSPS) is 12.0. The molecule has 1 amide bonds. The Hall–Kier alpha value is -2.24. The number of ether oxygens (including phenoxy) is 3. The Balaban J connectivity index is 2.60. The summed E-state index contributed by atoms with van der Waals surface area (Å²) in [5, 5.41) is 0. The van der Waals surface area contributed by atoms with Gasteiger partial charge in [0.25, 0.3) is 5.91 Å². The maximum atomic E-state index is 12.5. The third kappa shape index (κ3) is 6.29. The zero-order chi connectivity index (χ0) is 19.0. The van der Waals surface area contributed by atoms with Gasteiger partial charge in [-0.1, -0.05) is 12.1 Å². The maximum absolute atomic E-state index is 12.5. The van der Waals surface area contributed by atoms with Crippen LogP contribution in [0, 0.1) is 0 Å². The molecule has 0 N–H and O–H groups in total. The standard InChI is InChI=1S/C19H29NO5/c1-7-23-16-10-8-9-11-17(16)24-12-18(21)25-15(6)19(22)20(13(2)3)14(4)5/h8-11,13-15H,7,12H2,1-6H3. The minimum Gasteiger partial charge on any atom is -0.490 e. The predicted molar refractivity (Wildman–Crippen MR) is 95.8 cm³/mol. The Bertz CT molecular complexity index is 563. The first-order valence-electron chi connectivity index (χ1n) is 8.64. The maximum Gasteiger partial charge on any atom is 0.344 e. The molecule has 0 aliphatic heterocycles. The van der Waals surface area contributed by atoms with Crippen molar-refractivity contribution in [2.24, 2.45) is 0 Å². The molecule has 0 aliphatic carbocycles. The number of amides is 1. The Labute approximate surface area is 150 Å². The largest absolute Gasteiger partial charge is 0.490 e. The van der Waals surface area contributed by atoms with E-state index in [1.165, 1.54) is 0 Å². The summed E-state index contributed by atoms with van der Waals surface area (Å²) in [6.45, 7) is 11.4. The van der Waals surface area contributed by atoms with Crippen LogP contribution in [0.25, 0.3) is 0 Å². The number of rotatable bonds is 9. The monoisotopic (exact) mass is 351 g/mol. The van der Waals surface area contributed by atoms with Gasteiger partial charge in [-0.3, -0.25) is 4.79 Å². The molecule has 0 aromatic heterocycles. The Morgan fingerprint density at radius 2 is 1.48 bits per heavy atom. The number of nitrogens with zero attached hydrogens (tertiary/aromatic N) is 1. The van der Waals surface area contributed by atoms with Gasteiger partial charge in [0.1, 0.15) is 0 Å². The van der Waals surface area contributed by atoms with E-state index in [1.807, 2.05) is 40.7 Å². The van der Waals surface area contributed by atoms with E-state index in [2.05, 4.69) is 0 Å². The molecule has 6 nitrogen and oxygen atoms in total. The lowest BCUT2D eigenvalue weighted by atomic mass is 10.2. The highest BCUT2D eigenvalue weighted by atomic mass is 16.6. The van der Waals surface area contributed by atoms with Crippen LogP contribution < -0.4 is 9.47 Å². The molecule has 25 heavy (non-hydrogen) atoms. The highest BCUT2D eigenvalue weighted by Crippen LogP contribution is 2.26. The molecule has 140 valence electrons. The molecule has 6 heteroatoms. The van der Waals surface area contributed by atoms with Gasteiger partial charge in [0, 0.05) is 12.1 Å². The first kappa shape index (κ1) is 20.8. The number of carbonyl (C=O) groups is 2. The summed E-state index contributed by atoms with van der Waals surface area (Å²) >= 11 is 0. The minimum atomic E-state index is -0.858. The lowest BCUT2D eigenvalue weighted by Gasteiger charge is -2.32. The van der Waals surface area contributed by atoms with Crippen LogP contribution in [0.3, 0.4) is 0 Å². The number of hydrogen-bond acceptors (Lipinski definition) is 5. The van der Waals surface area contributed by atoms with Crippen molar-refractivity contribution in [2.75, 3.05) is 13.2 Å². The number of para-hydroxylation sites is 2. The second kappa shape index (κ2) is 9.91. The second-order valence-electron chi connectivity index (χ2n) is 6.23. The summed E-state index contributed by atoms with van der Waals surface area (Å²) in [4.78, 5) is 26.2. The molecule has 0 aliphatic rings. The van der Waals surface area contributed by atoms with Crippen molar-refractivity contribution in [3.8, 4) is 11.5 Å². The first-order valence-corrected chi connectivity index (χ1v) is 8.64. The van der Waals surface area contributed by atoms with E-state index in [-0.39, 0.29) is 24.6 Å². The van der Waals surface area contributed by atoms with Crippen LogP contribution in [0.2, 0.25) is 0 Å². The van der Waals surface area contributed by atoms with Crippen LogP contribution in [0.1, 0.15) is 41.5 Å². The highest BCUT2D eigenvalue weighted by molar-refractivity contribution is 5.84. The molecule has 0 bridgehead atoms. The molecular formula is C19H29NO5. The SMILES string of the molecule is CCOc1ccccc1OCC(=O)OC(C)C(=O)N(C(C)C)C(C)C. The smallest absolute Gasteiger partial charge is 0.344 e. The van der Waals surface area contributed by atoms with Crippen LogP contribution in [0.4, 0.5) is 0 Å². The van der Waals surface area contributed by atoms with Crippen molar-refractivity contribution >= 4 is 11.9 Å². The van der Waals surface area contributed by atoms with E-state index in [9.17, 15) is 9.59 Å². The van der Waals surface area contributed by atoms with Gasteiger partial charge in [-0.05, 0) is 53.7 Å². The van der Waals surface area contributed by atoms with Crippen LogP contribution >= 0.6 is 0 Å². The van der Waals surface area contributed by atoms with Crippen molar-refractivity contribution in [1.29, 1.82) is 0 Å². The van der Waals surface area contributed by atoms with E-state index in [0.29, 0.717) is 18.1 Å². The molecular weight excluding hydrogens is 322 g/mol. The quantitative estimate of drug-likeness (QED) is 0.640. The molecule has 1 unspecified atom stereocenters. The van der Waals surface area contributed by atoms with Gasteiger partial charge in [0.15, 0.2) is 24.2 Å². The molecule has 0 heterocycles. The number of esters is 1. The van der Waals surface area contributed by atoms with E-state index in [1.54, 1.807) is 30.0 Å². The zero-order valence-electron chi connectivity index (χ0n) is 15.9. The first-order chi connectivity index (χ1) is 11.8. The van der Waals surface area contributed by atoms with Crippen LogP contribution in [0.15, 0.2) is 24.3 Å². The number of hydrogen-bond donors (Lipinski definition) is 0. The molecule has 1 rings (SSSR count). The summed E-state index contributed by atoms with van der Waals surface area (Å²) < 4.78 is 16.1. The Morgan fingerprint density at radius 1 is 0.960 bits per heavy atom. The van der Waals surface area contributed by atoms with Gasteiger partial charge >= 0.3 is 5.97 Å². The highest BCUT2D eigenvalue weighted by Gasteiger charge is 2.27. The Morgan fingerprint density at radius 3 is 1.96 bits per heavy atom. The summed E-state index contributed by atoms with van der Waals surface area (Å²) in [5.41, 5.74) is 0. The topological polar surface area (TPSA) is 65.1 Å². The average molecular weight is 351 g/mol. The molecule has 0 saturated carbocycles. The molecule has 1 atom stereocenters. The van der Waals surface area contributed by atoms with Gasteiger partial charge in [0.05, 0.1) is 6.61 Å². The van der Waals surface area contributed by atoms with Gasteiger partial charge in [-0.2, -0.15) is 0 Å². The van der Waals surface area contributed by atoms with Crippen molar-refractivity contribution < 1.29 is 23.8 Å². The van der Waals surface area contributed by atoms with Crippen molar-refractivity contribution in [1.82, 2.24) is 4.90 Å². The summed E-state index contributed by atoms with van der Waals surface area (Å²) in [6, 6.07) is 7.15. The average Bonchev–Trinajstić information content (AvgIpc) is 2.53. The number of benzene rings is 1. The fourth-order valence-corrected chi connectivity index (χ4v) is 2.58. The molecule has 0 radical (unpaired) electrons. The summed E-state index contributed by atoms with van der Waals surface area (Å²) in [6.07, 6.45) is -0.858. The third-order valence-electron chi connectivity index (χ3n) is 3.52. The molecule has 0 saturated heterocycles. The van der Waals surface area contributed by atoms with Crippen LogP contribution in [-0.2, 0) is 14.3 Å². The zero-order valence-corrected chi connectivity index (χ0v) is 15.9. The lowest BCUT2D eigenvalue weighted by molar-refractivity contribution is -0.162. The van der Waals surface area contributed by atoms with Crippen LogP contribution in [-0.4, -0.2) is 48.2 Å². The van der Waals surface area contributed by atoms with E-state index >= 15 is 0 Å². The molecule has 1 aromatic rings. The second-order valence-corrected chi connectivity index (χ2v) is 6.23. The summed E-state index contributed by atoms with van der Waals surface area (Å²) in [7, 11) is 0. The van der Waals surface area contributed by atoms with Crippen molar-refractivity contribution in [3.63, 3.8) is 0 Å². The van der Waals surface area contributed by atoms with E-state index in [4.69, 9.17) is 14.2 Å². The van der Waals surface area contributed by atoms with E-state index in [0.717, 1.165) is 0 Å².